The van der Waals surface area contributed by atoms with E-state index in [2.05, 4.69) is 4.74 Å². The van der Waals surface area contributed by atoms with Gasteiger partial charge in [0.05, 0.1) is 13.0 Å². The second-order valence-corrected chi connectivity index (χ2v) is 6.99. The summed E-state index contributed by atoms with van der Waals surface area (Å²) in [6.45, 7) is 9.29. The largest absolute Gasteiger partial charge is 0.469 e. The fourth-order valence-corrected chi connectivity index (χ4v) is 2.72. The van der Waals surface area contributed by atoms with Crippen molar-refractivity contribution >= 4 is 16.8 Å². The summed E-state index contributed by atoms with van der Waals surface area (Å²) in [5, 5.41) is -0.178. The van der Waals surface area contributed by atoms with Crippen LogP contribution in [0.5, 0.6) is 0 Å². The van der Waals surface area contributed by atoms with Crippen LogP contribution in [0.3, 0.4) is 0 Å². The van der Waals surface area contributed by atoms with Crippen LogP contribution in [0, 0.1) is 5.92 Å². The molecule has 0 saturated carbocycles. The Balaban J connectivity index is 4.55. The molecule has 0 aliphatic rings. The zero-order valence-corrected chi connectivity index (χ0v) is 10.6. The minimum atomic E-state index is -1.04. The van der Waals surface area contributed by atoms with Gasteiger partial charge in [-0.15, -0.1) is 0 Å². The second kappa shape index (κ2) is 4.91. The van der Waals surface area contributed by atoms with Crippen molar-refractivity contribution in [3.8, 4) is 0 Å². The SMILES string of the molecule is COC(=O)C(C)C(C)S(=O)C(C)(C)C. The summed E-state index contributed by atoms with van der Waals surface area (Å²) in [4.78, 5) is 11.2. The standard InChI is InChI=1S/C10H20O3S/c1-7(9(11)13-6)8(2)14(12)10(3,4)5/h7-8H,1-6H3. The van der Waals surface area contributed by atoms with E-state index in [1.165, 1.54) is 7.11 Å². The first-order valence-electron chi connectivity index (χ1n) is 4.70. The molecule has 0 radical (unpaired) electrons. The molecule has 14 heavy (non-hydrogen) atoms. The highest BCUT2D eigenvalue weighted by molar-refractivity contribution is 7.87. The molecule has 0 aliphatic heterocycles. The minimum absolute atomic E-state index is 0.178. The number of hydrogen-bond acceptors (Lipinski definition) is 3. The van der Waals surface area contributed by atoms with Crippen molar-refractivity contribution in [2.24, 2.45) is 5.92 Å². The van der Waals surface area contributed by atoms with E-state index in [4.69, 9.17) is 0 Å². The maximum Gasteiger partial charge on any atom is 0.309 e. The van der Waals surface area contributed by atoms with Gasteiger partial charge in [0, 0.05) is 20.8 Å². The summed E-state index contributed by atoms with van der Waals surface area (Å²) in [5.74, 6) is -0.616. The Morgan fingerprint density at radius 2 is 1.71 bits per heavy atom. The highest BCUT2D eigenvalue weighted by atomic mass is 32.2. The average molecular weight is 220 g/mol. The Morgan fingerprint density at radius 3 is 2.00 bits per heavy atom. The van der Waals surface area contributed by atoms with Crippen LogP contribution in [0.25, 0.3) is 0 Å². The first kappa shape index (κ1) is 13.6. The summed E-state index contributed by atoms with van der Waals surface area (Å²) in [6, 6.07) is 0. The molecular formula is C10H20O3S. The van der Waals surface area contributed by atoms with Gasteiger partial charge in [0.2, 0.25) is 0 Å². The van der Waals surface area contributed by atoms with Crippen LogP contribution >= 0.6 is 0 Å². The summed E-state index contributed by atoms with van der Waals surface area (Å²) >= 11 is 0. The fourth-order valence-electron chi connectivity index (χ4n) is 1.12. The molecule has 0 aliphatic carbocycles. The van der Waals surface area contributed by atoms with Gasteiger partial charge in [0.15, 0.2) is 0 Å². The molecule has 0 rings (SSSR count). The van der Waals surface area contributed by atoms with Gasteiger partial charge in [-0.3, -0.25) is 9.00 Å². The highest BCUT2D eigenvalue weighted by Gasteiger charge is 2.32. The number of ether oxygens (including phenoxy) is 1. The van der Waals surface area contributed by atoms with Gasteiger partial charge in [-0.2, -0.15) is 0 Å². The molecule has 3 atom stereocenters. The number of rotatable bonds is 3. The van der Waals surface area contributed by atoms with Crippen molar-refractivity contribution in [1.29, 1.82) is 0 Å². The van der Waals surface area contributed by atoms with Crippen LogP contribution in [0.4, 0.5) is 0 Å². The molecule has 0 fully saturated rings. The van der Waals surface area contributed by atoms with E-state index in [1.54, 1.807) is 6.92 Å². The van der Waals surface area contributed by atoms with Crippen LogP contribution < -0.4 is 0 Å². The smallest absolute Gasteiger partial charge is 0.309 e. The third-order valence-corrected chi connectivity index (χ3v) is 4.51. The normalized spacial score (nSPS) is 18.4. The van der Waals surface area contributed by atoms with Crippen LogP contribution in [0.2, 0.25) is 0 Å². The Labute approximate surface area is 88.7 Å². The quantitative estimate of drug-likeness (QED) is 0.680. The van der Waals surface area contributed by atoms with Crippen molar-refractivity contribution in [3.63, 3.8) is 0 Å². The van der Waals surface area contributed by atoms with E-state index in [1.807, 2.05) is 27.7 Å². The number of methoxy groups -OCH3 is 1. The van der Waals surface area contributed by atoms with Crippen molar-refractivity contribution in [2.75, 3.05) is 7.11 Å². The summed E-state index contributed by atoms with van der Waals surface area (Å²) in [6.07, 6.45) is 0. The molecule has 3 unspecified atom stereocenters. The van der Waals surface area contributed by atoms with E-state index in [0.29, 0.717) is 0 Å². The first-order valence-corrected chi connectivity index (χ1v) is 5.91. The zero-order valence-electron chi connectivity index (χ0n) is 9.79. The molecule has 0 amide bonds. The van der Waals surface area contributed by atoms with E-state index < -0.39 is 10.8 Å². The molecule has 0 saturated heterocycles. The van der Waals surface area contributed by atoms with Crippen LogP contribution in [0.15, 0.2) is 0 Å². The topological polar surface area (TPSA) is 43.4 Å². The molecule has 0 N–H and O–H groups in total. The Hall–Kier alpha value is -0.380. The van der Waals surface area contributed by atoms with Crippen molar-refractivity contribution in [2.45, 2.75) is 44.6 Å². The lowest BCUT2D eigenvalue weighted by Gasteiger charge is -2.25. The zero-order chi connectivity index (χ0) is 11.5. The van der Waals surface area contributed by atoms with Crippen molar-refractivity contribution < 1.29 is 13.7 Å². The summed E-state index contributed by atoms with van der Waals surface area (Å²) < 4.78 is 16.3. The van der Waals surface area contributed by atoms with Crippen molar-refractivity contribution in [1.82, 2.24) is 0 Å². The van der Waals surface area contributed by atoms with Crippen LogP contribution in [-0.4, -0.2) is 27.3 Å². The van der Waals surface area contributed by atoms with Gasteiger partial charge in [-0.05, 0) is 27.7 Å². The van der Waals surface area contributed by atoms with Crippen LogP contribution in [0.1, 0.15) is 34.6 Å². The van der Waals surface area contributed by atoms with E-state index >= 15 is 0 Å². The lowest BCUT2D eigenvalue weighted by atomic mass is 10.1. The first-order chi connectivity index (χ1) is 6.21. The van der Waals surface area contributed by atoms with E-state index in [0.717, 1.165) is 0 Å². The predicted octanol–water partition coefficient (Wildman–Crippen LogP) is 1.73. The van der Waals surface area contributed by atoms with Gasteiger partial charge < -0.3 is 4.74 Å². The van der Waals surface area contributed by atoms with Gasteiger partial charge >= 0.3 is 5.97 Å². The molecule has 3 nitrogen and oxygen atoms in total. The molecule has 0 spiro atoms. The number of esters is 1. The molecule has 0 heterocycles. The molecular weight excluding hydrogens is 200 g/mol. The monoisotopic (exact) mass is 220 g/mol. The summed E-state index contributed by atoms with van der Waals surface area (Å²) in [5.41, 5.74) is 0. The number of carbonyl (C=O) groups is 1. The third-order valence-electron chi connectivity index (χ3n) is 2.22. The molecule has 0 aromatic rings. The number of carbonyl (C=O) groups excluding carboxylic acids is 1. The van der Waals surface area contributed by atoms with E-state index in [9.17, 15) is 9.00 Å². The minimum Gasteiger partial charge on any atom is -0.469 e. The molecule has 0 aromatic carbocycles. The van der Waals surface area contributed by atoms with Crippen molar-refractivity contribution in [3.05, 3.63) is 0 Å². The number of hydrogen-bond donors (Lipinski definition) is 0. The molecule has 0 aromatic heterocycles. The maximum absolute atomic E-state index is 11.9. The summed E-state index contributed by atoms with van der Waals surface area (Å²) in [7, 11) is 0.318. The van der Waals surface area contributed by atoms with Gasteiger partial charge in [0.25, 0.3) is 0 Å². The predicted molar refractivity (Wildman–Crippen MR) is 58.5 cm³/mol. The van der Waals surface area contributed by atoms with Crippen LogP contribution in [-0.2, 0) is 20.3 Å². The maximum atomic E-state index is 11.9. The molecule has 0 bridgehead atoms. The van der Waals surface area contributed by atoms with Gasteiger partial charge in [-0.25, -0.2) is 0 Å². The average Bonchev–Trinajstić information content (AvgIpc) is 2.11. The van der Waals surface area contributed by atoms with E-state index in [-0.39, 0.29) is 21.9 Å². The Morgan fingerprint density at radius 1 is 1.29 bits per heavy atom. The second-order valence-electron chi connectivity index (χ2n) is 4.43. The highest BCUT2D eigenvalue weighted by Crippen LogP contribution is 2.21. The van der Waals surface area contributed by atoms with Gasteiger partial charge in [0.1, 0.15) is 0 Å². The lowest BCUT2D eigenvalue weighted by molar-refractivity contribution is -0.144. The molecule has 4 heteroatoms. The third kappa shape index (κ3) is 3.40. The fraction of sp³-hybridized carbons (Fsp3) is 0.900. The Kier molecular flexibility index (Phi) is 4.78. The Bertz CT molecular complexity index is 230. The molecule has 84 valence electrons. The lowest BCUT2D eigenvalue weighted by Crippen LogP contribution is -2.36. The van der Waals surface area contributed by atoms with Gasteiger partial charge in [-0.1, -0.05) is 6.92 Å².